The molecule has 0 aliphatic carbocycles. The van der Waals surface area contributed by atoms with E-state index in [1.807, 2.05) is 36.4 Å². The summed E-state index contributed by atoms with van der Waals surface area (Å²) in [6.45, 7) is 4.86. The lowest BCUT2D eigenvalue weighted by Gasteiger charge is -2.41. The number of piperazine rings is 1. The van der Waals surface area contributed by atoms with E-state index in [4.69, 9.17) is 19.3 Å². The van der Waals surface area contributed by atoms with Crippen LogP contribution in [0.4, 0.5) is 0 Å². The fourth-order valence-electron chi connectivity index (χ4n) is 4.08. The monoisotopic (exact) mass is 430 g/mol. The van der Waals surface area contributed by atoms with E-state index in [1.165, 1.54) is 5.56 Å². The van der Waals surface area contributed by atoms with Crippen molar-refractivity contribution in [2.24, 2.45) is 0 Å². The Hall–Kier alpha value is -2.32. The zero-order valence-electron chi connectivity index (χ0n) is 18.5. The van der Waals surface area contributed by atoms with Gasteiger partial charge in [0.15, 0.2) is 0 Å². The molecule has 0 aromatic heterocycles. The molecule has 1 unspecified atom stereocenters. The lowest BCUT2D eigenvalue weighted by molar-refractivity contribution is 0.0498. The molecule has 0 amide bonds. The van der Waals surface area contributed by atoms with Crippen molar-refractivity contribution in [3.8, 4) is 17.2 Å². The van der Waals surface area contributed by atoms with Crippen LogP contribution in [-0.2, 0) is 13.1 Å². The van der Waals surface area contributed by atoms with Crippen LogP contribution in [0.3, 0.4) is 0 Å². The van der Waals surface area contributed by atoms with Crippen molar-refractivity contribution in [2.75, 3.05) is 53.7 Å². The van der Waals surface area contributed by atoms with Crippen LogP contribution in [0.1, 0.15) is 17.5 Å². The second kappa shape index (κ2) is 11.9. The molecule has 170 valence electrons. The highest BCUT2D eigenvalue weighted by molar-refractivity contribution is 5.38. The number of nitrogens with zero attached hydrogens (tertiary/aromatic N) is 2. The van der Waals surface area contributed by atoms with Gasteiger partial charge in [0, 0.05) is 51.4 Å². The largest absolute Gasteiger partial charge is 0.497 e. The van der Waals surface area contributed by atoms with E-state index in [0.717, 1.165) is 62.0 Å². The summed E-state index contributed by atoms with van der Waals surface area (Å²) < 4.78 is 16.4. The topological polar surface area (TPSA) is 74.6 Å². The number of hydrogen-bond donors (Lipinski definition) is 2. The summed E-state index contributed by atoms with van der Waals surface area (Å²) in [4.78, 5) is 4.86. The predicted molar refractivity (Wildman–Crippen MR) is 120 cm³/mol. The van der Waals surface area contributed by atoms with Crippen molar-refractivity contribution >= 4 is 0 Å². The SMILES string of the molecule is COc1cc(CN2CCN(Cc3cccc(OCCO)c3)CC2CCO)cc(OC)c1. The van der Waals surface area contributed by atoms with E-state index in [-0.39, 0.29) is 19.3 Å². The zero-order chi connectivity index (χ0) is 22.1. The van der Waals surface area contributed by atoms with E-state index in [2.05, 4.69) is 15.9 Å². The summed E-state index contributed by atoms with van der Waals surface area (Å²) >= 11 is 0. The van der Waals surface area contributed by atoms with Crippen molar-refractivity contribution in [3.63, 3.8) is 0 Å². The molecule has 2 aromatic rings. The molecule has 1 aliphatic rings. The summed E-state index contributed by atoms with van der Waals surface area (Å²) in [5.41, 5.74) is 2.32. The van der Waals surface area contributed by atoms with E-state index >= 15 is 0 Å². The average Bonchev–Trinajstić information content (AvgIpc) is 2.79. The van der Waals surface area contributed by atoms with Crippen LogP contribution in [0, 0.1) is 0 Å². The highest BCUT2D eigenvalue weighted by Gasteiger charge is 2.27. The van der Waals surface area contributed by atoms with Gasteiger partial charge in [0.2, 0.25) is 0 Å². The van der Waals surface area contributed by atoms with Crippen LogP contribution in [0.25, 0.3) is 0 Å². The third-order valence-electron chi connectivity index (χ3n) is 5.61. The second-order valence-corrected chi connectivity index (χ2v) is 7.81. The number of rotatable bonds is 11. The molecule has 0 spiro atoms. The van der Waals surface area contributed by atoms with Gasteiger partial charge in [-0.3, -0.25) is 9.80 Å². The fraction of sp³-hybridized carbons (Fsp3) is 0.500. The van der Waals surface area contributed by atoms with Gasteiger partial charge in [-0.05, 0) is 41.8 Å². The van der Waals surface area contributed by atoms with Crippen molar-refractivity contribution in [3.05, 3.63) is 53.6 Å². The molecule has 1 saturated heterocycles. The van der Waals surface area contributed by atoms with Crippen LogP contribution in [0.5, 0.6) is 17.2 Å². The van der Waals surface area contributed by atoms with Crippen molar-refractivity contribution < 1.29 is 24.4 Å². The van der Waals surface area contributed by atoms with Crippen LogP contribution in [-0.4, -0.2) is 79.7 Å². The molecule has 7 heteroatoms. The molecule has 1 atom stereocenters. The Labute approximate surface area is 184 Å². The van der Waals surface area contributed by atoms with E-state index in [9.17, 15) is 5.11 Å². The Morgan fingerprint density at radius 1 is 0.871 bits per heavy atom. The normalized spacial score (nSPS) is 17.5. The van der Waals surface area contributed by atoms with Gasteiger partial charge in [0.1, 0.15) is 23.9 Å². The van der Waals surface area contributed by atoms with E-state index < -0.39 is 0 Å². The van der Waals surface area contributed by atoms with Gasteiger partial charge in [0.05, 0.1) is 20.8 Å². The van der Waals surface area contributed by atoms with E-state index in [1.54, 1.807) is 14.2 Å². The first-order chi connectivity index (χ1) is 15.1. The summed E-state index contributed by atoms with van der Waals surface area (Å²) in [5, 5.41) is 18.6. The first-order valence-electron chi connectivity index (χ1n) is 10.8. The van der Waals surface area contributed by atoms with Crippen molar-refractivity contribution in [2.45, 2.75) is 25.6 Å². The molecular weight excluding hydrogens is 396 g/mol. The minimum atomic E-state index is 0.00813. The molecule has 3 rings (SSSR count). The highest BCUT2D eigenvalue weighted by atomic mass is 16.5. The fourth-order valence-corrected chi connectivity index (χ4v) is 4.08. The first-order valence-corrected chi connectivity index (χ1v) is 10.8. The molecular formula is C24H34N2O5. The molecule has 1 aliphatic heterocycles. The minimum Gasteiger partial charge on any atom is -0.497 e. The Bertz CT molecular complexity index is 794. The third-order valence-corrected chi connectivity index (χ3v) is 5.61. The Morgan fingerprint density at radius 3 is 2.29 bits per heavy atom. The number of aliphatic hydroxyl groups is 2. The average molecular weight is 431 g/mol. The number of hydrogen-bond acceptors (Lipinski definition) is 7. The maximum atomic E-state index is 9.64. The maximum Gasteiger partial charge on any atom is 0.122 e. The number of ether oxygens (including phenoxy) is 3. The quantitative estimate of drug-likeness (QED) is 0.566. The predicted octanol–water partition coefficient (Wildman–Crippen LogP) is 2.14. The highest BCUT2D eigenvalue weighted by Crippen LogP contribution is 2.26. The molecule has 1 heterocycles. The van der Waals surface area contributed by atoms with Crippen molar-refractivity contribution in [1.82, 2.24) is 9.80 Å². The lowest BCUT2D eigenvalue weighted by atomic mass is 10.1. The summed E-state index contributed by atoms with van der Waals surface area (Å²) in [7, 11) is 3.32. The number of methoxy groups -OCH3 is 2. The van der Waals surface area contributed by atoms with Crippen LogP contribution < -0.4 is 14.2 Å². The summed E-state index contributed by atoms with van der Waals surface area (Å²) in [6.07, 6.45) is 0.733. The smallest absolute Gasteiger partial charge is 0.122 e. The van der Waals surface area contributed by atoms with Gasteiger partial charge < -0.3 is 24.4 Å². The Kier molecular flexibility index (Phi) is 8.97. The minimum absolute atomic E-state index is 0.00813. The first kappa shape index (κ1) is 23.3. The second-order valence-electron chi connectivity index (χ2n) is 7.81. The van der Waals surface area contributed by atoms with Gasteiger partial charge >= 0.3 is 0 Å². The van der Waals surface area contributed by atoms with Crippen LogP contribution in [0.2, 0.25) is 0 Å². The molecule has 0 saturated carbocycles. The van der Waals surface area contributed by atoms with Gasteiger partial charge in [-0.25, -0.2) is 0 Å². The lowest BCUT2D eigenvalue weighted by Crippen LogP contribution is -2.52. The Balaban J connectivity index is 1.64. The van der Waals surface area contributed by atoms with Gasteiger partial charge in [-0.1, -0.05) is 12.1 Å². The summed E-state index contributed by atoms with van der Waals surface area (Å²) in [6, 6.07) is 14.3. The summed E-state index contributed by atoms with van der Waals surface area (Å²) in [5.74, 6) is 2.36. The van der Waals surface area contributed by atoms with Gasteiger partial charge in [-0.2, -0.15) is 0 Å². The van der Waals surface area contributed by atoms with Crippen LogP contribution in [0.15, 0.2) is 42.5 Å². The van der Waals surface area contributed by atoms with Gasteiger partial charge in [0.25, 0.3) is 0 Å². The molecule has 2 N–H and O–H groups in total. The van der Waals surface area contributed by atoms with E-state index in [0.29, 0.717) is 6.61 Å². The van der Waals surface area contributed by atoms with Crippen molar-refractivity contribution in [1.29, 1.82) is 0 Å². The van der Waals surface area contributed by atoms with Crippen LogP contribution >= 0.6 is 0 Å². The maximum absolute atomic E-state index is 9.64. The molecule has 1 fully saturated rings. The molecule has 0 radical (unpaired) electrons. The molecule has 7 nitrogen and oxygen atoms in total. The number of aliphatic hydroxyl groups excluding tert-OH is 2. The number of benzene rings is 2. The molecule has 2 aromatic carbocycles. The molecule has 31 heavy (non-hydrogen) atoms. The van der Waals surface area contributed by atoms with Gasteiger partial charge in [-0.15, -0.1) is 0 Å². The molecule has 0 bridgehead atoms. The third kappa shape index (κ3) is 6.83. The zero-order valence-corrected chi connectivity index (χ0v) is 18.5. The standard InChI is InChI=1S/C24H34N2O5/c1-29-23-13-20(14-24(15-23)30-2)17-26-8-7-25(18-21(26)6-9-27)16-19-4-3-5-22(12-19)31-11-10-28/h3-5,12-15,21,27-28H,6-11,16-18H2,1-2H3. The Morgan fingerprint density at radius 2 is 1.61 bits per heavy atom.